The Bertz CT molecular complexity index is 1170. The molecule has 0 saturated heterocycles. The number of hydrogen-bond donors (Lipinski definition) is 1. The van der Waals surface area contributed by atoms with Crippen molar-refractivity contribution in [3.8, 4) is 28.6 Å². The lowest BCUT2D eigenvalue weighted by molar-refractivity contribution is -0.118. The fourth-order valence-electron chi connectivity index (χ4n) is 2.93. The van der Waals surface area contributed by atoms with Gasteiger partial charge >= 0.3 is 0 Å². The van der Waals surface area contributed by atoms with Gasteiger partial charge in [-0.3, -0.25) is 4.79 Å². The van der Waals surface area contributed by atoms with Crippen LogP contribution in [-0.4, -0.2) is 41.3 Å². The van der Waals surface area contributed by atoms with Crippen LogP contribution in [0, 0.1) is 0 Å². The number of fused-ring (bicyclic) bond motifs is 1. The quantitative estimate of drug-likeness (QED) is 0.508. The maximum Gasteiger partial charge on any atom is 0.262 e. The Morgan fingerprint density at radius 1 is 1.03 bits per heavy atom. The van der Waals surface area contributed by atoms with Crippen molar-refractivity contribution in [1.82, 2.24) is 14.6 Å². The summed E-state index contributed by atoms with van der Waals surface area (Å²) >= 11 is 0. The van der Waals surface area contributed by atoms with E-state index in [2.05, 4.69) is 15.4 Å². The highest BCUT2D eigenvalue weighted by atomic mass is 16.5. The lowest BCUT2D eigenvalue weighted by Gasteiger charge is -2.12. The zero-order valence-electron chi connectivity index (χ0n) is 16.5. The van der Waals surface area contributed by atoms with Gasteiger partial charge in [0.15, 0.2) is 12.3 Å². The van der Waals surface area contributed by atoms with Gasteiger partial charge in [-0.25, -0.2) is 9.50 Å². The van der Waals surface area contributed by atoms with Crippen molar-refractivity contribution in [2.24, 2.45) is 0 Å². The fraction of sp³-hybridized carbons (Fsp3) is 0.136. The number of nitrogens with one attached hydrogen (secondary N) is 1. The molecule has 0 fully saturated rings. The molecule has 30 heavy (non-hydrogen) atoms. The second kappa shape index (κ2) is 8.52. The summed E-state index contributed by atoms with van der Waals surface area (Å²) in [6.07, 6.45) is 1.80. The van der Waals surface area contributed by atoms with Crippen LogP contribution in [0.1, 0.15) is 0 Å². The predicted molar refractivity (Wildman–Crippen MR) is 112 cm³/mol. The molecule has 0 saturated carbocycles. The van der Waals surface area contributed by atoms with E-state index in [-0.39, 0.29) is 12.5 Å². The minimum atomic E-state index is -0.296. The van der Waals surface area contributed by atoms with Crippen molar-refractivity contribution in [1.29, 1.82) is 0 Å². The van der Waals surface area contributed by atoms with E-state index in [4.69, 9.17) is 14.2 Å². The summed E-state index contributed by atoms with van der Waals surface area (Å²) in [6, 6.07) is 18.2. The van der Waals surface area contributed by atoms with E-state index in [1.807, 2.05) is 30.3 Å². The number of aromatic nitrogens is 3. The van der Waals surface area contributed by atoms with Crippen LogP contribution in [-0.2, 0) is 4.79 Å². The van der Waals surface area contributed by atoms with Crippen LogP contribution in [0.3, 0.4) is 0 Å². The Kier molecular flexibility index (Phi) is 5.47. The smallest absolute Gasteiger partial charge is 0.262 e. The van der Waals surface area contributed by atoms with Gasteiger partial charge in [-0.05, 0) is 36.4 Å². The van der Waals surface area contributed by atoms with Gasteiger partial charge in [0.1, 0.15) is 11.5 Å². The molecule has 0 spiro atoms. The average molecular weight is 404 g/mol. The number of rotatable bonds is 7. The van der Waals surface area contributed by atoms with Crippen molar-refractivity contribution in [2.45, 2.75) is 0 Å². The fourth-order valence-corrected chi connectivity index (χ4v) is 2.93. The van der Waals surface area contributed by atoms with Crippen molar-refractivity contribution in [3.63, 3.8) is 0 Å². The number of anilines is 1. The molecule has 4 aromatic rings. The Balaban J connectivity index is 1.55. The third kappa shape index (κ3) is 4.17. The van der Waals surface area contributed by atoms with Gasteiger partial charge in [0.25, 0.3) is 5.91 Å². The molecule has 2 aromatic heterocycles. The number of carbonyl (C=O) groups excluding carboxylic acids is 1. The lowest BCUT2D eigenvalue weighted by atomic mass is 10.1. The number of imidazole rings is 1. The number of amides is 1. The first-order valence-electron chi connectivity index (χ1n) is 9.23. The molecular formula is C22H20N4O4. The monoisotopic (exact) mass is 404 g/mol. The van der Waals surface area contributed by atoms with Gasteiger partial charge in [0, 0.05) is 11.6 Å². The molecule has 0 radical (unpaired) electrons. The first-order chi connectivity index (χ1) is 14.7. The van der Waals surface area contributed by atoms with E-state index in [1.54, 1.807) is 55.3 Å². The molecule has 2 heterocycles. The molecule has 0 bridgehead atoms. The number of benzene rings is 2. The molecule has 0 aliphatic carbocycles. The summed E-state index contributed by atoms with van der Waals surface area (Å²) < 4.78 is 17.7. The Labute approximate surface area is 173 Å². The summed E-state index contributed by atoms with van der Waals surface area (Å²) in [7, 11) is 3.11. The number of methoxy groups -OCH3 is 2. The third-order valence-electron chi connectivity index (χ3n) is 4.39. The molecule has 1 amide bonds. The summed E-state index contributed by atoms with van der Waals surface area (Å²) in [5.74, 6) is 1.36. The van der Waals surface area contributed by atoms with Crippen LogP contribution in [0.4, 0.5) is 5.69 Å². The maximum atomic E-state index is 12.4. The summed E-state index contributed by atoms with van der Waals surface area (Å²) in [5, 5.41) is 7.15. The molecule has 8 nitrogen and oxygen atoms in total. The van der Waals surface area contributed by atoms with Crippen molar-refractivity contribution in [3.05, 3.63) is 66.9 Å². The number of nitrogens with zero attached hydrogens (tertiary/aromatic N) is 3. The van der Waals surface area contributed by atoms with E-state index in [0.717, 1.165) is 5.56 Å². The first-order valence-corrected chi connectivity index (χ1v) is 9.23. The maximum absolute atomic E-state index is 12.4. The summed E-state index contributed by atoms with van der Waals surface area (Å²) in [6.45, 7) is -0.116. The van der Waals surface area contributed by atoms with Crippen LogP contribution < -0.4 is 19.5 Å². The second-order valence-electron chi connectivity index (χ2n) is 6.37. The largest absolute Gasteiger partial charge is 0.495 e. The van der Waals surface area contributed by atoms with Crippen LogP contribution in [0.15, 0.2) is 66.9 Å². The van der Waals surface area contributed by atoms with Gasteiger partial charge in [0.05, 0.1) is 31.8 Å². The molecule has 0 aliphatic rings. The molecule has 8 heteroatoms. The topological polar surface area (TPSA) is 87.0 Å². The van der Waals surface area contributed by atoms with Gasteiger partial charge in [-0.1, -0.05) is 18.2 Å². The van der Waals surface area contributed by atoms with Crippen LogP contribution in [0.2, 0.25) is 0 Å². The molecule has 0 aliphatic heterocycles. The second-order valence-corrected chi connectivity index (χ2v) is 6.37. The van der Waals surface area contributed by atoms with E-state index < -0.39 is 0 Å². The van der Waals surface area contributed by atoms with Gasteiger partial charge < -0.3 is 19.5 Å². The average Bonchev–Trinajstić information content (AvgIpc) is 3.21. The number of para-hydroxylation sites is 1. The highest BCUT2D eigenvalue weighted by Gasteiger charge is 2.13. The van der Waals surface area contributed by atoms with Gasteiger partial charge in [-0.15, -0.1) is 5.10 Å². The van der Waals surface area contributed by atoms with Crippen molar-refractivity contribution >= 4 is 17.2 Å². The Hall–Kier alpha value is -4.07. The minimum Gasteiger partial charge on any atom is -0.495 e. The van der Waals surface area contributed by atoms with E-state index in [1.165, 1.54) is 0 Å². The molecule has 2 aromatic carbocycles. The normalized spacial score (nSPS) is 10.6. The van der Waals surface area contributed by atoms with Crippen molar-refractivity contribution < 1.29 is 19.0 Å². The lowest BCUT2D eigenvalue weighted by Crippen LogP contribution is -2.20. The van der Waals surface area contributed by atoms with Crippen LogP contribution in [0.5, 0.6) is 17.4 Å². The van der Waals surface area contributed by atoms with Gasteiger partial charge in [-0.2, -0.15) is 0 Å². The Morgan fingerprint density at radius 3 is 2.63 bits per heavy atom. The van der Waals surface area contributed by atoms with Crippen molar-refractivity contribution in [2.75, 3.05) is 26.1 Å². The molecule has 4 rings (SSSR count). The molecule has 0 atom stereocenters. The highest BCUT2D eigenvalue weighted by Crippen LogP contribution is 2.30. The van der Waals surface area contributed by atoms with E-state index in [9.17, 15) is 4.79 Å². The third-order valence-corrected chi connectivity index (χ3v) is 4.39. The zero-order chi connectivity index (χ0) is 20.9. The standard InChI is InChI=1S/C22H20N4O4/c1-28-19-9-8-15(18-13-26-20(23-18)10-11-22(25-26)29-2)12-17(19)24-21(27)14-30-16-6-4-3-5-7-16/h3-13H,14H2,1-2H3,(H,24,27). The molecule has 1 N–H and O–H groups in total. The van der Waals surface area contributed by atoms with Crippen LogP contribution in [0.25, 0.3) is 16.9 Å². The minimum absolute atomic E-state index is 0.116. The number of hydrogen-bond acceptors (Lipinski definition) is 6. The highest BCUT2D eigenvalue weighted by molar-refractivity contribution is 5.94. The summed E-state index contributed by atoms with van der Waals surface area (Å²) in [4.78, 5) is 17.0. The SMILES string of the molecule is COc1ccc2nc(-c3ccc(OC)c(NC(=O)COc4ccccc4)c3)cn2n1. The molecule has 152 valence electrons. The van der Waals surface area contributed by atoms with E-state index in [0.29, 0.717) is 34.4 Å². The Morgan fingerprint density at radius 2 is 1.87 bits per heavy atom. The molecular weight excluding hydrogens is 384 g/mol. The number of carbonyl (C=O) groups is 1. The van der Waals surface area contributed by atoms with E-state index >= 15 is 0 Å². The zero-order valence-corrected chi connectivity index (χ0v) is 16.5. The first kappa shape index (κ1) is 19.3. The predicted octanol–water partition coefficient (Wildman–Crippen LogP) is 3.43. The number of ether oxygens (including phenoxy) is 3. The molecule has 0 unspecified atom stereocenters. The summed E-state index contributed by atoms with van der Waals surface area (Å²) in [5.41, 5.74) is 2.72. The van der Waals surface area contributed by atoms with Gasteiger partial charge in [0.2, 0.25) is 5.88 Å². The van der Waals surface area contributed by atoms with Crippen LogP contribution >= 0.6 is 0 Å².